The van der Waals surface area contributed by atoms with Gasteiger partial charge in [0.1, 0.15) is 5.76 Å². The number of hydrogen-bond donors (Lipinski definition) is 0. The van der Waals surface area contributed by atoms with Crippen molar-refractivity contribution in [2.75, 3.05) is 6.54 Å². The molecule has 2 heteroatoms. The molecular weight excluding hydrogens is 126 g/mol. The first-order valence-electron chi connectivity index (χ1n) is 3.47. The summed E-state index contributed by atoms with van der Waals surface area (Å²) in [6, 6.07) is 3.74. The second kappa shape index (κ2) is 3.88. The predicted molar refractivity (Wildman–Crippen MR) is 41.5 cm³/mol. The van der Waals surface area contributed by atoms with Crippen LogP contribution in [0.25, 0.3) is 0 Å². The zero-order chi connectivity index (χ0) is 7.23. The average molecular weight is 137 g/mol. The lowest BCUT2D eigenvalue weighted by atomic mass is 10.4. The van der Waals surface area contributed by atoms with Crippen molar-refractivity contribution in [2.24, 2.45) is 4.99 Å². The zero-order valence-electron chi connectivity index (χ0n) is 6.08. The molecule has 0 radical (unpaired) electrons. The molecule has 1 aromatic rings. The fourth-order valence-corrected chi connectivity index (χ4v) is 0.648. The Hall–Kier alpha value is -1.05. The molecule has 0 N–H and O–H groups in total. The molecule has 54 valence electrons. The molecule has 1 heterocycles. The summed E-state index contributed by atoms with van der Waals surface area (Å²) in [6.45, 7) is 2.97. The Kier molecular flexibility index (Phi) is 2.74. The molecule has 0 amide bonds. The molecule has 0 saturated carbocycles. The monoisotopic (exact) mass is 137 g/mol. The summed E-state index contributed by atoms with van der Waals surface area (Å²) in [7, 11) is 0. The van der Waals surface area contributed by atoms with Crippen LogP contribution in [0.1, 0.15) is 19.1 Å². The molecule has 0 aromatic carbocycles. The normalized spacial score (nSPS) is 10.9. The van der Waals surface area contributed by atoms with Crippen LogP contribution in [0, 0.1) is 0 Å². The first kappa shape index (κ1) is 7.06. The van der Waals surface area contributed by atoms with Crippen LogP contribution in [0.5, 0.6) is 0 Å². The molecule has 10 heavy (non-hydrogen) atoms. The van der Waals surface area contributed by atoms with Crippen LogP contribution in [0.2, 0.25) is 0 Å². The molecule has 2 nitrogen and oxygen atoms in total. The summed E-state index contributed by atoms with van der Waals surface area (Å²) in [4.78, 5) is 4.11. The second-order valence-corrected chi connectivity index (χ2v) is 2.05. The second-order valence-electron chi connectivity index (χ2n) is 2.05. The first-order valence-corrected chi connectivity index (χ1v) is 3.47. The lowest BCUT2D eigenvalue weighted by molar-refractivity contribution is 0.560. The van der Waals surface area contributed by atoms with E-state index in [2.05, 4.69) is 11.9 Å². The van der Waals surface area contributed by atoms with Crippen LogP contribution >= 0.6 is 0 Å². The highest BCUT2D eigenvalue weighted by atomic mass is 16.3. The number of hydrogen-bond acceptors (Lipinski definition) is 2. The van der Waals surface area contributed by atoms with Gasteiger partial charge in [0, 0.05) is 6.54 Å². The van der Waals surface area contributed by atoms with E-state index in [1.807, 2.05) is 12.1 Å². The Morgan fingerprint density at radius 2 is 2.60 bits per heavy atom. The van der Waals surface area contributed by atoms with Gasteiger partial charge in [0.2, 0.25) is 0 Å². The number of aliphatic imine (C=N–C) groups is 1. The number of rotatable bonds is 3. The lowest BCUT2D eigenvalue weighted by Crippen LogP contribution is -1.78. The maximum Gasteiger partial charge on any atom is 0.144 e. The number of furan rings is 1. The Balaban J connectivity index is 2.40. The Labute approximate surface area is 60.6 Å². The summed E-state index contributed by atoms with van der Waals surface area (Å²) in [5.41, 5.74) is 0. The van der Waals surface area contributed by atoms with Gasteiger partial charge in [-0.1, -0.05) is 6.92 Å². The van der Waals surface area contributed by atoms with Crippen LogP contribution in [0.15, 0.2) is 27.8 Å². The minimum atomic E-state index is 0.827. The molecule has 0 atom stereocenters. The molecule has 0 aliphatic carbocycles. The van der Waals surface area contributed by atoms with E-state index in [1.54, 1.807) is 12.5 Å². The van der Waals surface area contributed by atoms with Gasteiger partial charge in [-0.3, -0.25) is 4.99 Å². The van der Waals surface area contributed by atoms with Gasteiger partial charge in [0.25, 0.3) is 0 Å². The van der Waals surface area contributed by atoms with Gasteiger partial charge in [0.15, 0.2) is 0 Å². The largest absolute Gasteiger partial charge is 0.463 e. The van der Waals surface area contributed by atoms with Gasteiger partial charge in [0.05, 0.1) is 12.5 Å². The maximum absolute atomic E-state index is 5.03. The quantitative estimate of drug-likeness (QED) is 0.586. The summed E-state index contributed by atoms with van der Waals surface area (Å²) in [6.07, 6.45) is 4.48. The van der Waals surface area contributed by atoms with Gasteiger partial charge in [-0.05, 0) is 18.6 Å². The Morgan fingerprint density at radius 1 is 1.70 bits per heavy atom. The smallest absolute Gasteiger partial charge is 0.144 e. The average Bonchev–Trinajstić information content (AvgIpc) is 2.41. The zero-order valence-corrected chi connectivity index (χ0v) is 6.08. The van der Waals surface area contributed by atoms with Crippen molar-refractivity contribution in [3.05, 3.63) is 24.2 Å². The van der Waals surface area contributed by atoms with Gasteiger partial charge in [-0.2, -0.15) is 0 Å². The van der Waals surface area contributed by atoms with Crippen molar-refractivity contribution >= 4 is 6.21 Å². The van der Waals surface area contributed by atoms with Crippen molar-refractivity contribution in [1.29, 1.82) is 0 Å². The third kappa shape index (κ3) is 2.05. The first-order chi connectivity index (χ1) is 4.93. The van der Waals surface area contributed by atoms with Crippen molar-refractivity contribution in [3.63, 3.8) is 0 Å². The molecule has 0 spiro atoms. The molecule has 0 unspecified atom stereocenters. The van der Waals surface area contributed by atoms with Gasteiger partial charge >= 0.3 is 0 Å². The topological polar surface area (TPSA) is 25.5 Å². The van der Waals surface area contributed by atoms with Crippen molar-refractivity contribution in [2.45, 2.75) is 13.3 Å². The third-order valence-corrected chi connectivity index (χ3v) is 1.11. The highest BCUT2D eigenvalue weighted by Crippen LogP contribution is 1.94. The SMILES string of the molecule is CCC/N=C/c1ccco1. The fraction of sp³-hybridized carbons (Fsp3) is 0.375. The molecule has 1 rings (SSSR count). The molecule has 1 aromatic heterocycles. The van der Waals surface area contributed by atoms with E-state index >= 15 is 0 Å². The van der Waals surface area contributed by atoms with Crippen molar-refractivity contribution in [3.8, 4) is 0 Å². The summed E-state index contributed by atoms with van der Waals surface area (Å²) >= 11 is 0. The standard InChI is InChI=1S/C8H11NO/c1-2-5-9-7-8-4-3-6-10-8/h3-4,6-7H,2,5H2,1H3/b9-7+. The molecular formula is C8H11NO. The molecule has 0 saturated heterocycles. The molecule has 0 fully saturated rings. The van der Waals surface area contributed by atoms with Crippen LogP contribution in [0.4, 0.5) is 0 Å². The molecule has 0 bridgehead atoms. The van der Waals surface area contributed by atoms with E-state index in [-0.39, 0.29) is 0 Å². The van der Waals surface area contributed by atoms with Crippen LogP contribution < -0.4 is 0 Å². The highest BCUT2D eigenvalue weighted by molar-refractivity contribution is 5.75. The van der Waals surface area contributed by atoms with Gasteiger partial charge < -0.3 is 4.42 Å². The predicted octanol–water partition coefficient (Wildman–Crippen LogP) is 2.11. The van der Waals surface area contributed by atoms with Gasteiger partial charge in [-0.15, -0.1) is 0 Å². The Bertz CT molecular complexity index is 189. The van der Waals surface area contributed by atoms with E-state index in [0.29, 0.717) is 0 Å². The van der Waals surface area contributed by atoms with E-state index in [0.717, 1.165) is 18.7 Å². The van der Waals surface area contributed by atoms with Crippen molar-refractivity contribution < 1.29 is 4.42 Å². The number of nitrogens with zero attached hydrogens (tertiary/aromatic N) is 1. The van der Waals surface area contributed by atoms with E-state index in [4.69, 9.17) is 4.42 Å². The minimum Gasteiger partial charge on any atom is -0.463 e. The van der Waals surface area contributed by atoms with E-state index in [1.165, 1.54) is 0 Å². The summed E-state index contributed by atoms with van der Waals surface area (Å²) in [5.74, 6) is 0.827. The molecule has 0 aliphatic rings. The maximum atomic E-state index is 5.03. The van der Waals surface area contributed by atoms with E-state index in [9.17, 15) is 0 Å². The third-order valence-electron chi connectivity index (χ3n) is 1.11. The van der Waals surface area contributed by atoms with Gasteiger partial charge in [-0.25, -0.2) is 0 Å². The summed E-state index contributed by atoms with van der Waals surface area (Å²) in [5, 5.41) is 0. The minimum absolute atomic E-state index is 0.827. The van der Waals surface area contributed by atoms with E-state index < -0.39 is 0 Å². The van der Waals surface area contributed by atoms with Crippen molar-refractivity contribution in [1.82, 2.24) is 0 Å². The lowest BCUT2D eigenvalue weighted by Gasteiger charge is -1.83. The van der Waals surface area contributed by atoms with Crippen LogP contribution in [-0.2, 0) is 0 Å². The fourth-order valence-electron chi connectivity index (χ4n) is 0.648. The summed E-state index contributed by atoms with van der Waals surface area (Å²) < 4.78 is 5.03. The molecule has 0 aliphatic heterocycles. The van der Waals surface area contributed by atoms with Crippen LogP contribution in [-0.4, -0.2) is 12.8 Å². The van der Waals surface area contributed by atoms with Crippen LogP contribution in [0.3, 0.4) is 0 Å². The Morgan fingerprint density at radius 3 is 3.20 bits per heavy atom. The highest BCUT2D eigenvalue weighted by Gasteiger charge is 1.85.